The normalized spacial score (nSPS) is 10.6. The highest BCUT2D eigenvalue weighted by atomic mass is 35.5. The van der Waals surface area contributed by atoms with Crippen molar-refractivity contribution in [2.24, 2.45) is 0 Å². The maximum Gasteiger partial charge on any atom is 0.229 e. The van der Waals surface area contributed by atoms with Gasteiger partial charge in [0.1, 0.15) is 17.3 Å². The number of halogens is 1. The third kappa shape index (κ3) is 5.04. The Bertz CT molecular complexity index is 963. The molecule has 7 heteroatoms. The van der Waals surface area contributed by atoms with Crippen molar-refractivity contribution in [1.29, 1.82) is 0 Å². The van der Waals surface area contributed by atoms with E-state index in [1.165, 1.54) is 0 Å². The predicted molar refractivity (Wildman–Crippen MR) is 114 cm³/mol. The lowest BCUT2D eigenvalue weighted by atomic mass is 10.3. The van der Waals surface area contributed by atoms with E-state index in [0.29, 0.717) is 22.5 Å². The fraction of sp³-hybridized carbons (Fsp3) is 0.238. The van der Waals surface area contributed by atoms with E-state index >= 15 is 0 Å². The number of nitrogens with zero attached hydrogens (tertiary/aromatic N) is 2. The van der Waals surface area contributed by atoms with Crippen LogP contribution in [-0.4, -0.2) is 23.2 Å². The van der Waals surface area contributed by atoms with Gasteiger partial charge in [-0.2, -0.15) is 4.98 Å². The summed E-state index contributed by atoms with van der Waals surface area (Å²) in [4.78, 5) is 9.03. The predicted octanol–water partition coefficient (Wildman–Crippen LogP) is 5.72. The van der Waals surface area contributed by atoms with E-state index in [0.717, 1.165) is 22.8 Å². The van der Waals surface area contributed by atoms with Crippen LogP contribution >= 0.6 is 11.6 Å². The molecule has 0 bridgehead atoms. The van der Waals surface area contributed by atoms with Gasteiger partial charge in [-0.3, -0.25) is 0 Å². The highest BCUT2D eigenvalue weighted by Gasteiger charge is 2.09. The first-order valence-electron chi connectivity index (χ1n) is 8.93. The molecular weight excluding hydrogens is 376 g/mol. The van der Waals surface area contributed by atoms with Crippen LogP contribution in [0.15, 0.2) is 48.5 Å². The number of hydrogen-bond acceptors (Lipinski definition) is 6. The zero-order valence-electron chi connectivity index (χ0n) is 16.3. The van der Waals surface area contributed by atoms with Crippen LogP contribution in [0.3, 0.4) is 0 Å². The van der Waals surface area contributed by atoms with E-state index in [-0.39, 0.29) is 6.10 Å². The molecule has 3 rings (SSSR count). The number of aromatic nitrogens is 2. The second-order valence-corrected chi connectivity index (χ2v) is 6.89. The number of nitrogens with one attached hydrogen (secondary N) is 2. The molecule has 1 heterocycles. The number of hydrogen-bond donors (Lipinski definition) is 2. The molecule has 6 nitrogen and oxygen atoms in total. The molecule has 0 aliphatic heterocycles. The van der Waals surface area contributed by atoms with Gasteiger partial charge >= 0.3 is 0 Å². The zero-order chi connectivity index (χ0) is 20.1. The fourth-order valence-electron chi connectivity index (χ4n) is 2.63. The first kappa shape index (κ1) is 19.8. The lowest BCUT2D eigenvalue weighted by molar-refractivity contribution is 0.244. The van der Waals surface area contributed by atoms with Crippen LogP contribution in [0.25, 0.3) is 0 Å². The molecule has 0 unspecified atom stereocenters. The van der Waals surface area contributed by atoms with Gasteiger partial charge in [0, 0.05) is 17.4 Å². The summed E-state index contributed by atoms with van der Waals surface area (Å²) < 4.78 is 11.0. The summed E-state index contributed by atoms with van der Waals surface area (Å²) in [5.74, 6) is 2.50. The number of aryl methyl sites for hydroxylation is 1. The molecule has 28 heavy (non-hydrogen) atoms. The highest BCUT2D eigenvalue weighted by molar-refractivity contribution is 6.32. The zero-order valence-corrected chi connectivity index (χ0v) is 17.0. The van der Waals surface area contributed by atoms with Crippen LogP contribution < -0.4 is 20.1 Å². The van der Waals surface area contributed by atoms with Crippen molar-refractivity contribution in [3.8, 4) is 11.5 Å². The minimum atomic E-state index is 0.0680. The summed E-state index contributed by atoms with van der Waals surface area (Å²) in [6.45, 7) is 5.89. The smallest absolute Gasteiger partial charge is 0.229 e. The Labute approximate surface area is 169 Å². The molecule has 0 saturated carbocycles. The van der Waals surface area contributed by atoms with Crippen molar-refractivity contribution in [2.45, 2.75) is 26.9 Å². The maximum atomic E-state index is 6.20. The van der Waals surface area contributed by atoms with Gasteiger partial charge in [0.15, 0.2) is 0 Å². The summed E-state index contributed by atoms with van der Waals surface area (Å²) in [7, 11) is 1.58. The van der Waals surface area contributed by atoms with Gasteiger partial charge < -0.3 is 20.1 Å². The molecule has 0 atom stereocenters. The summed E-state index contributed by atoms with van der Waals surface area (Å²) >= 11 is 6.20. The summed E-state index contributed by atoms with van der Waals surface area (Å²) in [6.07, 6.45) is 0.0680. The Hall–Kier alpha value is -2.99. The van der Waals surface area contributed by atoms with Crippen molar-refractivity contribution < 1.29 is 9.47 Å². The van der Waals surface area contributed by atoms with Crippen molar-refractivity contribution in [2.75, 3.05) is 17.7 Å². The van der Waals surface area contributed by atoms with Crippen LogP contribution in [0, 0.1) is 6.92 Å². The quantitative estimate of drug-likeness (QED) is 0.530. The third-order valence-corrected chi connectivity index (χ3v) is 4.07. The van der Waals surface area contributed by atoms with E-state index in [1.807, 2.05) is 57.2 Å². The first-order chi connectivity index (χ1) is 13.4. The second-order valence-electron chi connectivity index (χ2n) is 6.48. The molecule has 1 aromatic heterocycles. The average molecular weight is 399 g/mol. The third-order valence-electron chi connectivity index (χ3n) is 3.77. The van der Waals surface area contributed by atoms with Gasteiger partial charge in [-0.25, -0.2) is 4.98 Å². The minimum Gasteiger partial charge on any atom is -0.495 e. The number of ether oxygens (including phenoxy) is 2. The van der Waals surface area contributed by atoms with E-state index in [1.54, 1.807) is 19.2 Å². The molecule has 0 spiro atoms. The number of anilines is 4. The van der Waals surface area contributed by atoms with Crippen molar-refractivity contribution >= 4 is 34.7 Å². The van der Waals surface area contributed by atoms with Gasteiger partial charge in [0.25, 0.3) is 0 Å². The molecule has 2 N–H and O–H groups in total. The lowest BCUT2D eigenvalue weighted by Gasteiger charge is -2.15. The average Bonchev–Trinajstić information content (AvgIpc) is 2.63. The number of rotatable bonds is 7. The van der Waals surface area contributed by atoms with E-state index < -0.39 is 0 Å². The van der Waals surface area contributed by atoms with E-state index in [2.05, 4.69) is 20.6 Å². The van der Waals surface area contributed by atoms with Crippen LogP contribution in [0.2, 0.25) is 5.02 Å². The largest absolute Gasteiger partial charge is 0.495 e. The van der Waals surface area contributed by atoms with Gasteiger partial charge in [0.2, 0.25) is 5.95 Å². The summed E-state index contributed by atoms with van der Waals surface area (Å²) in [5.41, 5.74) is 2.43. The maximum absolute atomic E-state index is 6.20. The molecule has 2 aromatic carbocycles. The van der Waals surface area contributed by atoms with Crippen LogP contribution in [-0.2, 0) is 0 Å². The van der Waals surface area contributed by atoms with Gasteiger partial charge in [-0.15, -0.1) is 0 Å². The van der Waals surface area contributed by atoms with E-state index in [9.17, 15) is 0 Å². The lowest BCUT2D eigenvalue weighted by Crippen LogP contribution is -2.08. The molecule has 3 aromatic rings. The van der Waals surface area contributed by atoms with E-state index in [4.69, 9.17) is 21.1 Å². The topological polar surface area (TPSA) is 68.3 Å². The van der Waals surface area contributed by atoms with Gasteiger partial charge in [-0.05, 0) is 51.1 Å². The summed E-state index contributed by atoms with van der Waals surface area (Å²) in [5, 5.41) is 7.01. The molecule has 0 amide bonds. The molecule has 0 aliphatic rings. The Morgan fingerprint density at radius 2 is 1.75 bits per heavy atom. The molecule has 0 fully saturated rings. The number of benzene rings is 2. The number of methoxy groups -OCH3 is 1. The molecule has 0 aliphatic carbocycles. The second kappa shape index (κ2) is 8.80. The minimum absolute atomic E-state index is 0.0680. The van der Waals surface area contributed by atoms with Crippen LogP contribution in [0.4, 0.5) is 23.1 Å². The number of para-hydroxylation sites is 2. The molecule has 146 valence electrons. The molecule has 0 radical (unpaired) electrons. The van der Waals surface area contributed by atoms with Gasteiger partial charge in [-0.1, -0.05) is 23.7 Å². The highest BCUT2D eigenvalue weighted by Crippen LogP contribution is 2.30. The standard InChI is InChI=1S/C21H23ClN4O2/c1-13(2)28-19-8-6-5-7-17(19)25-21-23-14(3)11-20(26-21)24-15-9-10-18(27-4)16(22)12-15/h5-13H,1-4H3,(H2,23,24,25,26). The first-order valence-corrected chi connectivity index (χ1v) is 9.31. The van der Waals surface area contributed by atoms with Crippen LogP contribution in [0.1, 0.15) is 19.5 Å². The Balaban J connectivity index is 1.83. The Morgan fingerprint density at radius 3 is 2.46 bits per heavy atom. The Morgan fingerprint density at radius 1 is 0.964 bits per heavy atom. The van der Waals surface area contributed by atoms with Crippen molar-refractivity contribution in [3.63, 3.8) is 0 Å². The van der Waals surface area contributed by atoms with Gasteiger partial charge in [0.05, 0.1) is 23.9 Å². The fourth-order valence-corrected chi connectivity index (χ4v) is 2.89. The van der Waals surface area contributed by atoms with Crippen molar-refractivity contribution in [3.05, 3.63) is 59.2 Å². The SMILES string of the molecule is COc1ccc(Nc2cc(C)nc(Nc3ccccc3OC(C)C)n2)cc1Cl. The molecular formula is C21H23ClN4O2. The molecule has 0 saturated heterocycles. The van der Waals surface area contributed by atoms with Crippen LogP contribution in [0.5, 0.6) is 11.5 Å². The monoisotopic (exact) mass is 398 g/mol. The van der Waals surface area contributed by atoms with Crippen molar-refractivity contribution in [1.82, 2.24) is 9.97 Å². The Kier molecular flexibility index (Phi) is 6.21. The summed E-state index contributed by atoms with van der Waals surface area (Å²) in [6, 6.07) is 15.0.